The number of aromatic amines is 1. The van der Waals surface area contributed by atoms with E-state index in [2.05, 4.69) is 32.0 Å². The number of nitrogens with two attached hydrogens (primary N) is 1. The normalized spacial score (nSPS) is 9.67. The van der Waals surface area contributed by atoms with Crippen molar-refractivity contribution in [1.82, 2.24) is 20.2 Å². The molecule has 2 heterocycles. The van der Waals surface area contributed by atoms with E-state index in [0.717, 1.165) is 0 Å². The molecule has 0 saturated heterocycles. The van der Waals surface area contributed by atoms with Gasteiger partial charge in [0.15, 0.2) is 5.65 Å². The molecular formula is C8H4ClN5O. The van der Waals surface area contributed by atoms with Crippen molar-refractivity contribution in [3.63, 3.8) is 0 Å². The van der Waals surface area contributed by atoms with Crippen LogP contribution in [0.2, 0.25) is 5.15 Å². The van der Waals surface area contributed by atoms with E-state index in [1.54, 1.807) is 0 Å². The van der Waals surface area contributed by atoms with Crippen LogP contribution in [0.5, 0.6) is 0 Å². The summed E-state index contributed by atoms with van der Waals surface area (Å²) in [6.07, 6.45) is 1.29. The highest BCUT2D eigenvalue weighted by Crippen LogP contribution is 2.19. The number of hydrogen-bond acceptors (Lipinski definition) is 4. The third kappa shape index (κ3) is 1.73. The summed E-state index contributed by atoms with van der Waals surface area (Å²) in [4.78, 5) is 18.1. The van der Waals surface area contributed by atoms with Crippen molar-refractivity contribution in [2.45, 2.75) is 0 Å². The van der Waals surface area contributed by atoms with Gasteiger partial charge in [-0.05, 0) is 5.92 Å². The molecule has 0 aliphatic rings. The Labute approximate surface area is 88.8 Å². The molecule has 0 aromatic carbocycles. The van der Waals surface area contributed by atoms with Crippen molar-refractivity contribution in [3.05, 3.63) is 17.2 Å². The highest BCUT2D eigenvalue weighted by Gasteiger charge is 2.08. The van der Waals surface area contributed by atoms with Gasteiger partial charge in [-0.3, -0.25) is 9.89 Å². The topological polar surface area (TPSA) is 97.6 Å². The summed E-state index contributed by atoms with van der Waals surface area (Å²) >= 11 is 5.82. The summed E-state index contributed by atoms with van der Waals surface area (Å²) in [6, 6.07) is 0. The number of carbonyl (C=O) groups excluding carboxylic acids is 1. The molecule has 0 atom stereocenters. The zero-order chi connectivity index (χ0) is 10.8. The van der Waals surface area contributed by atoms with E-state index in [9.17, 15) is 4.79 Å². The first-order valence-corrected chi connectivity index (χ1v) is 4.22. The Bertz CT molecular complexity index is 594. The van der Waals surface area contributed by atoms with Crippen LogP contribution in [0.25, 0.3) is 11.0 Å². The first-order valence-electron chi connectivity index (χ1n) is 3.84. The van der Waals surface area contributed by atoms with Gasteiger partial charge in [0.25, 0.3) is 5.91 Å². The molecule has 0 radical (unpaired) electrons. The third-order valence-electron chi connectivity index (χ3n) is 1.62. The Morgan fingerprint density at radius 1 is 1.53 bits per heavy atom. The number of H-pyrrole nitrogens is 1. The van der Waals surface area contributed by atoms with Crippen LogP contribution in [0, 0.1) is 11.8 Å². The van der Waals surface area contributed by atoms with Crippen LogP contribution >= 0.6 is 11.6 Å². The molecule has 0 bridgehead atoms. The second kappa shape index (κ2) is 3.55. The molecule has 3 N–H and O–H groups in total. The number of amides is 1. The van der Waals surface area contributed by atoms with Gasteiger partial charge in [-0.25, -0.2) is 9.97 Å². The zero-order valence-corrected chi connectivity index (χ0v) is 8.04. The molecule has 7 heteroatoms. The predicted octanol–water partition coefficient (Wildman–Crippen LogP) is -0.157. The van der Waals surface area contributed by atoms with Crippen molar-refractivity contribution >= 4 is 28.5 Å². The summed E-state index contributed by atoms with van der Waals surface area (Å²) in [5.41, 5.74) is 5.64. The highest BCUT2D eigenvalue weighted by molar-refractivity contribution is 6.34. The zero-order valence-electron chi connectivity index (χ0n) is 7.28. The predicted molar refractivity (Wildman–Crippen MR) is 52.8 cm³/mol. The quantitative estimate of drug-likeness (QED) is 0.477. The summed E-state index contributed by atoms with van der Waals surface area (Å²) in [6.45, 7) is 0. The molecule has 1 amide bonds. The van der Waals surface area contributed by atoms with E-state index in [4.69, 9.17) is 17.3 Å². The van der Waals surface area contributed by atoms with Gasteiger partial charge in [0.1, 0.15) is 17.2 Å². The van der Waals surface area contributed by atoms with Gasteiger partial charge in [0.2, 0.25) is 0 Å². The molecule has 0 aliphatic carbocycles. The molecular weight excluding hydrogens is 218 g/mol. The number of hydrogen-bond donors (Lipinski definition) is 2. The van der Waals surface area contributed by atoms with Gasteiger partial charge >= 0.3 is 0 Å². The minimum Gasteiger partial charge on any atom is -0.359 e. The number of nitrogens with zero attached hydrogens (tertiary/aromatic N) is 3. The highest BCUT2D eigenvalue weighted by atomic mass is 35.5. The first kappa shape index (κ1) is 9.43. The maximum atomic E-state index is 10.5. The summed E-state index contributed by atoms with van der Waals surface area (Å²) in [5, 5.41) is 7.14. The Hall–Kier alpha value is -2.13. The maximum Gasteiger partial charge on any atom is 0.293 e. The molecule has 15 heavy (non-hydrogen) atoms. The average Bonchev–Trinajstić information content (AvgIpc) is 2.59. The molecule has 2 aromatic heterocycles. The van der Waals surface area contributed by atoms with Crippen molar-refractivity contribution in [1.29, 1.82) is 0 Å². The van der Waals surface area contributed by atoms with Crippen molar-refractivity contribution in [3.8, 4) is 11.8 Å². The number of primary amides is 1. The van der Waals surface area contributed by atoms with E-state index in [-0.39, 0.29) is 5.15 Å². The second-order valence-corrected chi connectivity index (χ2v) is 2.93. The Balaban J connectivity index is 2.64. The third-order valence-corrected chi connectivity index (χ3v) is 1.90. The Kier molecular flexibility index (Phi) is 2.23. The number of halogens is 1. The SMILES string of the molecule is NC(=O)C#Cc1[nH]nc2ncnc(Cl)c12. The van der Waals surface area contributed by atoms with Crippen LogP contribution in [-0.2, 0) is 4.79 Å². The van der Waals surface area contributed by atoms with Gasteiger partial charge in [-0.2, -0.15) is 5.10 Å². The number of nitrogens with one attached hydrogen (secondary N) is 1. The lowest BCUT2D eigenvalue weighted by molar-refractivity contribution is -0.112. The molecule has 6 nitrogen and oxygen atoms in total. The van der Waals surface area contributed by atoms with Crippen LogP contribution in [0.15, 0.2) is 6.33 Å². The van der Waals surface area contributed by atoms with Gasteiger partial charge in [0, 0.05) is 5.92 Å². The molecule has 0 fully saturated rings. The van der Waals surface area contributed by atoms with Crippen LogP contribution in [0.4, 0.5) is 0 Å². The van der Waals surface area contributed by atoms with Gasteiger partial charge < -0.3 is 5.73 Å². The van der Waals surface area contributed by atoms with E-state index in [1.807, 2.05) is 0 Å². The van der Waals surface area contributed by atoms with Crippen LogP contribution in [0.1, 0.15) is 5.69 Å². The number of aromatic nitrogens is 4. The van der Waals surface area contributed by atoms with E-state index in [0.29, 0.717) is 16.7 Å². The van der Waals surface area contributed by atoms with Gasteiger partial charge in [-0.1, -0.05) is 11.6 Å². The van der Waals surface area contributed by atoms with Gasteiger partial charge in [0.05, 0.1) is 5.39 Å². The van der Waals surface area contributed by atoms with Crippen LogP contribution < -0.4 is 5.73 Å². The summed E-state index contributed by atoms with van der Waals surface area (Å²) < 4.78 is 0. The Morgan fingerprint density at radius 2 is 2.33 bits per heavy atom. The van der Waals surface area contributed by atoms with E-state index in [1.165, 1.54) is 6.33 Å². The lowest BCUT2D eigenvalue weighted by Crippen LogP contribution is -2.06. The smallest absolute Gasteiger partial charge is 0.293 e. The summed E-state index contributed by atoms with van der Waals surface area (Å²) in [5.74, 6) is 3.94. The number of fused-ring (bicyclic) bond motifs is 1. The standard InChI is InChI=1S/C8H4ClN5O/c9-7-6-4(1-2-5(10)15)13-14-8(6)12-3-11-7/h3H,(H2,10,15)(H,11,12,13,14). The lowest BCUT2D eigenvalue weighted by Gasteiger charge is -1.89. The second-order valence-electron chi connectivity index (χ2n) is 2.58. The lowest BCUT2D eigenvalue weighted by atomic mass is 10.3. The van der Waals surface area contributed by atoms with Crippen LogP contribution in [-0.4, -0.2) is 26.1 Å². The Morgan fingerprint density at radius 3 is 3.07 bits per heavy atom. The molecule has 74 valence electrons. The molecule has 0 saturated carbocycles. The minimum atomic E-state index is -0.731. The molecule has 0 aliphatic heterocycles. The molecule has 2 aromatic rings. The monoisotopic (exact) mass is 221 g/mol. The van der Waals surface area contributed by atoms with E-state index < -0.39 is 5.91 Å². The van der Waals surface area contributed by atoms with E-state index >= 15 is 0 Å². The largest absolute Gasteiger partial charge is 0.359 e. The van der Waals surface area contributed by atoms with Crippen LogP contribution in [0.3, 0.4) is 0 Å². The fraction of sp³-hybridized carbons (Fsp3) is 0. The van der Waals surface area contributed by atoms with Crippen molar-refractivity contribution in [2.75, 3.05) is 0 Å². The van der Waals surface area contributed by atoms with Crippen molar-refractivity contribution < 1.29 is 4.79 Å². The minimum absolute atomic E-state index is 0.225. The van der Waals surface area contributed by atoms with Crippen molar-refractivity contribution in [2.24, 2.45) is 5.73 Å². The number of rotatable bonds is 0. The molecule has 0 spiro atoms. The fourth-order valence-corrected chi connectivity index (χ4v) is 1.26. The summed E-state index contributed by atoms with van der Waals surface area (Å²) in [7, 11) is 0. The first-order chi connectivity index (χ1) is 7.18. The maximum absolute atomic E-state index is 10.5. The molecule has 0 unspecified atom stereocenters. The molecule has 2 rings (SSSR count). The number of carbonyl (C=O) groups is 1. The fourth-order valence-electron chi connectivity index (χ4n) is 1.03. The average molecular weight is 222 g/mol. The van der Waals surface area contributed by atoms with Gasteiger partial charge in [-0.15, -0.1) is 0 Å².